The monoisotopic (exact) mass is 246 g/mol. The summed E-state index contributed by atoms with van der Waals surface area (Å²) in [4.78, 5) is 23.3. The van der Waals surface area contributed by atoms with Gasteiger partial charge in [0.25, 0.3) is 0 Å². The van der Waals surface area contributed by atoms with Gasteiger partial charge in [-0.1, -0.05) is 49.6 Å². The number of hydrogen-bond donors (Lipinski definition) is 0. The molecule has 0 aliphatic heterocycles. The summed E-state index contributed by atoms with van der Waals surface area (Å²) in [6.07, 6.45) is 5.01. The van der Waals surface area contributed by atoms with Crippen LogP contribution in [0, 0.1) is 5.41 Å². The van der Waals surface area contributed by atoms with E-state index in [-0.39, 0.29) is 12.6 Å². The van der Waals surface area contributed by atoms with Crippen LogP contribution < -0.4 is 0 Å². The van der Waals surface area contributed by atoms with E-state index in [1.807, 2.05) is 30.3 Å². The van der Waals surface area contributed by atoms with Crippen LogP contribution in [0.3, 0.4) is 0 Å². The van der Waals surface area contributed by atoms with E-state index in [0.717, 1.165) is 31.1 Å². The van der Waals surface area contributed by atoms with Gasteiger partial charge in [0.15, 0.2) is 0 Å². The van der Waals surface area contributed by atoms with E-state index in [1.165, 1.54) is 0 Å². The van der Waals surface area contributed by atoms with Crippen LogP contribution in [0.15, 0.2) is 30.3 Å². The van der Waals surface area contributed by atoms with Gasteiger partial charge >= 0.3 is 5.97 Å². The first-order chi connectivity index (χ1) is 8.77. The number of carbonyl (C=O) groups excluding carboxylic acids is 2. The third-order valence-electron chi connectivity index (χ3n) is 3.59. The van der Waals surface area contributed by atoms with Crippen LogP contribution in [0.1, 0.15) is 37.7 Å². The Bertz CT molecular complexity index is 405. The zero-order valence-electron chi connectivity index (χ0n) is 10.4. The predicted molar refractivity (Wildman–Crippen MR) is 67.8 cm³/mol. The van der Waals surface area contributed by atoms with Crippen LogP contribution in [-0.2, 0) is 20.9 Å². The molecule has 0 heterocycles. The van der Waals surface area contributed by atoms with Crippen molar-refractivity contribution in [3.05, 3.63) is 35.9 Å². The summed E-state index contributed by atoms with van der Waals surface area (Å²) in [5.74, 6) is -0.360. The molecular formula is C15H18O3. The standard InChI is InChI=1S/C15H18O3/c16-12-15(9-5-2-6-10-15)14(17)18-11-13-7-3-1-4-8-13/h1,3-4,7-8,12H,2,5-6,9-11H2. The van der Waals surface area contributed by atoms with E-state index in [0.29, 0.717) is 12.8 Å². The highest BCUT2D eigenvalue weighted by molar-refractivity contribution is 5.93. The molecule has 0 radical (unpaired) electrons. The SMILES string of the molecule is O=CC1(C(=O)OCc2ccccc2)CCCCC1. The first kappa shape index (κ1) is 12.8. The largest absolute Gasteiger partial charge is 0.460 e. The van der Waals surface area contributed by atoms with Gasteiger partial charge in [0, 0.05) is 0 Å². The molecule has 1 aromatic rings. The summed E-state index contributed by atoms with van der Waals surface area (Å²) < 4.78 is 5.29. The molecule has 0 amide bonds. The molecule has 0 N–H and O–H groups in total. The minimum Gasteiger partial charge on any atom is -0.460 e. The first-order valence-electron chi connectivity index (χ1n) is 6.44. The second-order valence-electron chi connectivity index (χ2n) is 4.90. The molecule has 0 saturated heterocycles. The Labute approximate surface area is 107 Å². The third kappa shape index (κ3) is 2.78. The van der Waals surface area contributed by atoms with Crippen LogP contribution in [0.4, 0.5) is 0 Å². The Morgan fingerprint density at radius 2 is 1.83 bits per heavy atom. The summed E-state index contributed by atoms with van der Waals surface area (Å²) in [6.45, 7) is 0.245. The molecule has 2 rings (SSSR count). The molecule has 1 saturated carbocycles. The number of carbonyl (C=O) groups is 2. The molecule has 1 aliphatic rings. The minimum atomic E-state index is -0.882. The zero-order valence-corrected chi connectivity index (χ0v) is 10.4. The Balaban J connectivity index is 1.96. The van der Waals surface area contributed by atoms with Crippen LogP contribution in [0.25, 0.3) is 0 Å². The molecule has 18 heavy (non-hydrogen) atoms. The average Bonchev–Trinajstić information content (AvgIpc) is 2.46. The van der Waals surface area contributed by atoms with Gasteiger partial charge in [-0.3, -0.25) is 4.79 Å². The van der Waals surface area contributed by atoms with Crippen LogP contribution in [0.2, 0.25) is 0 Å². The topological polar surface area (TPSA) is 43.4 Å². The second kappa shape index (κ2) is 5.80. The molecule has 0 atom stereocenters. The summed E-state index contributed by atoms with van der Waals surface area (Å²) in [5.41, 5.74) is 0.0650. The lowest BCUT2D eigenvalue weighted by Gasteiger charge is -2.29. The summed E-state index contributed by atoms with van der Waals surface area (Å²) in [6, 6.07) is 9.53. The van der Waals surface area contributed by atoms with Crippen LogP contribution >= 0.6 is 0 Å². The highest BCUT2D eigenvalue weighted by Crippen LogP contribution is 2.35. The van der Waals surface area contributed by atoms with Crippen molar-refractivity contribution in [3.63, 3.8) is 0 Å². The molecular weight excluding hydrogens is 228 g/mol. The number of rotatable bonds is 4. The van der Waals surface area contributed by atoms with Gasteiger partial charge in [0.2, 0.25) is 0 Å². The highest BCUT2D eigenvalue weighted by atomic mass is 16.5. The maximum absolute atomic E-state index is 12.1. The Hall–Kier alpha value is -1.64. The number of esters is 1. The summed E-state index contributed by atoms with van der Waals surface area (Å²) in [5, 5.41) is 0. The predicted octanol–water partition coefficient (Wildman–Crippen LogP) is 2.88. The fourth-order valence-corrected chi connectivity index (χ4v) is 2.42. The number of hydrogen-bond acceptors (Lipinski definition) is 3. The van der Waals surface area contributed by atoms with Gasteiger partial charge in [-0.15, -0.1) is 0 Å². The van der Waals surface area contributed by atoms with Crippen molar-refractivity contribution in [1.29, 1.82) is 0 Å². The van der Waals surface area contributed by atoms with Gasteiger partial charge in [0.05, 0.1) is 0 Å². The lowest BCUT2D eigenvalue weighted by Crippen LogP contribution is -2.36. The molecule has 3 nitrogen and oxygen atoms in total. The molecule has 96 valence electrons. The Morgan fingerprint density at radius 3 is 2.44 bits per heavy atom. The Kier molecular flexibility index (Phi) is 4.13. The molecule has 1 aromatic carbocycles. The molecule has 1 fully saturated rings. The third-order valence-corrected chi connectivity index (χ3v) is 3.59. The van der Waals surface area contributed by atoms with E-state index in [9.17, 15) is 9.59 Å². The smallest absolute Gasteiger partial charge is 0.319 e. The van der Waals surface area contributed by atoms with Crippen molar-refractivity contribution < 1.29 is 14.3 Å². The van der Waals surface area contributed by atoms with Crippen molar-refractivity contribution in [1.82, 2.24) is 0 Å². The maximum atomic E-state index is 12.1. The average molecular weight is 246 g/mol. The Morgan fingerprint density at radius 1 is 1.17 bits per heavy atom. The molecule has 1 aliphatic carbocycles. The normalized spacial score (nSPS) is 18.0. The number of ether oxygens (including phenoxy) is 1. The van der Waals surface area contributed by atoms with Gasteiger partial charge in [0.1, 0.15) is 18.3 Å². The van der Waals surface area contributed by atoms with Gasteiger partial charge in [-0.25, -0.2) is 0 Å². The van der Waals surface area contributed by atoms with E-state index in [4.69, 9.17) is 4.74 Å². The van der Waals surface area contributed by atoms with Crippen molar-refractivity contribution in [2.45, 2.75) is 38.7 Å². The van der Waals surface area contributed by atoms with Gasteiger partial charge in [-0.05, 0) is 18.4 Å². The van der Waals surface area contributed by atoms with Gasteiger partial charge in [-0.2, -0.15) is 0 Å². The van der Waals surface area contributed by atoms with Crippen molar-refractivity contribution >= 4 is 12.3 Å². The zero-order chi connectivity index (χ0) is 12.8. The van der Waals surface area contributed by atoms with Gasteiger partial charge < -0.3 is 9.53 Å². The lowest BCUT2D eigenvalue weighted by atomic mass is 9.75. The van der Waals surface area contributed by atoms with Crippen LogP contribution in [-0.4, -0.2) is 12.3 Å². The fraction of sp³-hybridized carbons (Fsp3) is 0.467. The molecule has 3 heteroatoms. The van der Waals surface area contributed by atoms with Crippen molar-refractivity contribution in [3.8, 4) is 0 Å². The molecule has 0 aromatic heterocycles. The molecule has 0 bridgehead atoms. The van der Waals surface area contributed by atoms with Crippen molar-refractivity contribution in [2.75, 3.05) is 0 Å². The lowest BCUT2D eigenvalue weighted by molar-refractivity contribution is -0.160. The first-order valence-corrected chi connectivity index (χ1v) is 6.44. The quantitative estimate of drug-likeness (QED) is 0.466. The molecule has 0 unspecified atom stereocenters. The maximum Gasteiger partial charge on any atom is 0.319 e. The number of aldehydes is 1. The number of benzene rings is 1. The molecule has 0 spiro atoms. The van der Waals surface area contributed by atoms with E-state index in [2.05, 4.69) is 0 Å². The van der Waals surface area contributed by atoms with E-state index >= 15 is 0 Å². The minimum absolute atomic E-state index is 0.245. The second-order valence-corrected chi connectivity index (χ2v) is 4.90. The summed E-state index contributed by atoms with van der Waals surface area (Å²) in [7, 11) is 0. The summed E-state index contributed by atoms with van der Waals surface area (Å²) >= 11 is 0. The van der Waals surface area contributed by atoms with Crippen LogP contribution in [0.5, 0.6) is 0 Å². The van der Waals surface area contributed by atoms with E-state index in [1.54, 1.807) is 0 Å². The van der Waals surface area contributed by atoms with E-state index < -0.39 is 5.41 Å². The van der Waals surface area contributed by atoms with Crippen molar-refractivity contribution in [2.24, 2.45) is 5.41 Å². The fourth-order valence-electron chi connectivity index (χ4n) is 2.42. The highest BCUT2D eigenvalue weighted by Gasteiger charge is 2.40.